The molecule has 2 aliphatic heterocycles. The lowest BCUT2D eigenvalue weighted by molar-refractivity contribution is 0.0967. The minimum absolute atomic E-state index is 0.0929. The predicted molar refractivity (Wildman–Crippen MR) is 124 cm³/mol. The van der Waals surface area contributed by atoms with Gasteiger partial charge in [0.05, 0.1) is 6.61 Å². The Labute approximate surface area is 189 Å². The number of urea groups is 1. The molecule has 3 fully saturated rings. The molecule has 2 bridgehead atoms. The molecule has 6 heteroatoms. The molecule has 1 saturated carbocycles. The first-order valence-corrected chi connectivity index (χ1v) is 11.7. The molecule has 0 radical (unpaired) electrons. The highest BCUT2D eigenvalue weighted by Gasteiger charge is 2.45. The van der Waals surface area contributed by atoms with Crippen LogP contribution in [-0.4, -0.2) is 67.0 Å². The van der Waals surface area contributed by atoms with Crippen LogP contribution in [0.1, 0.15) is 36.0 Å². The molecule has 2 aromatic carbocycles. The molecule has 2 aromatic rings. The molecule has 2 heterocycles. The third-order valence-electron chi connectivity index (χ3n) is 6.98. The second-order valence-corrected chi connectivity index (χ2v) is 9.23. The Balaban J connectivity index is 1.05. The van der Waals surface area contributed by atoms with Gasteiger partial charge in [-0.15, -0.1) is 0 Å². The standard InChI is InChI=1S/C26H31N3O3/c1-27(21-6-3-2-4-7-21)26(31)29-18-22-16-23(29)17-28(22)14-5-15-32-24-12-10-20(11-13-24)25(30)19-8-9-19/h2-4,6-7,10-13,19,22-23H,5,8-9,14-18H2,1H3/t22-,23-/m0/s1. The number of nitrogens with zero attached hydrogens (tertiary/aromatic N) is 3. The molecule has 0 spiro atoms. The molecule has 2 amide bonds. The van der Waals surface area contributed by atoms with Crippen molar-refractivity contribution < 1.29 is 14.3 Å². The monoisotopic (exact) mass is 433 g/mol. The van der Waals surface area contributed by atoms with Gasteiger partial charge in [0.2, 0.25) is 0 Å². The maximum atomic E-state index is 13.0. The predicted octanol–water partition coefficient (Wildman–Crippen LogP) is 4.06. The fourth-order valence-electron chi connectivity index (χ4n) is 4.97. The highest BCUT2D eigenvalue weighted by molar-refractivity contribution is 5.99. The Morgan fingerprint density at radius 1 is 1.00 bits per heavy atom. The number of para-hydroxylation sites is 1. The van der Waals surface area contributed by atoms with Crippen molar-refractivity contribution in [3.63, 3.8) is 0 Å². The average molecular weight is 434 g/mol. The highest BCUT2D eigenvalue weighted by Crippen LogP contribution is 2.33. The SMILES string of the molecule is CN(C(=O)N1C[C@@H]2C[C@H]1CN2CCCOc1ccc(C(=O)C2CC2)cc1)c1ccccc1. The second kappa shape index (κ2) is 8.94. The van der Waals surface area contributed by atoms with Crippen LogP contribution in [0.4, 0.5) is 10.5 Å². The van der Waals surface area contributed by atoms with E-state index in [0.29, 0.717) is 18.7 Å². The van der Waals surface area contributed by atoms with Crippen LogP contribution in [-0.2, 0) is 0 Å². The number of rotatable bonds is 8. The van der Waals surface area contributed by atoms with Gasteiger partial charge in [-0.2, -0.15) is 0 Å². The zero-order valence-corrected chi connectivity index (χ0v) is 18.7. The van der Waals surface area contributed by atoms with Gasteiger partial charge in [0.1, 0.15) is 5.75 Å². The minimum Gasteiger partial charge on any atom is -0.494 e. The number of anilines is 1. The van der Waals surface area contributed by atoms with Gasteiger partial charge in [-0.3, -0.25) is 14.6 Å². The number of ketones is 1. The van der Waals surface area contributed by atoms with Crippen molar-refractivity contribution in [3.8, 4) is 5.75 Å². The Hall–Kier alpha value is -2.86. The van der Waals surface area contributed by atoms with E-state index < -0.39 is 0 Å². The van der Waals surface area contributed by atoms with Crippen LogP contribution < -0.4 is 9.64 Å². The normalized spacial score (nSPS) is 22.2. The van der Waals surface area contributed by atoms with Crippen LogP contribution in [0.5, 0.6) is 5.75 Å². The molecule has 1 aliphatic carbocycles. The Morgan fingerprint density at radius 2 is 1.75 bits per heavy atom. The molecule has 0 unspecified atom stereocenters. The quantitative estimate of drug-likeness (QED) is 0.465. The van der Waals surface area contributed by atoms with E-state index in [1.165, 1.54) is 0 Å². The molecule has 0 aromatic heterocycles. The Kier molecular flexibility index (Phi) is 5.87. The fourth-order valence-corrected chi connectivity index (χ4v) is 4.97. The Morgan fingerprint density at radius 3 is 2.41 bits per heavy atom. The van der Waals surface area contributed by atoms with Crippen molar-refractivity contribution in [2.45, 2.75) is 37.8 Å². The van der Waals surface area contributed by atoms with E-state index in [9.17, 15) is 9.59 Å². The lowest BCUT2D eigenvalue weighted by Gasteiger charge is -2.36. The van der Waals surface area contributed by atoms with Gasteiger partial charge in [0.25, 0.3) is 0 Å². The summed E-state index contributed by atoms with van der Waals surface area (Å²) in [5.74, 6) is 1.34. The topological polar surface area (TPSA) is 53.1 Å². The third-order valence-corrected chi connectivity index (χ3v) is 6.98. The minimum atomic E-state index is 0.0929. The summed E-state index contributed by atoms with van der Waals surface area (Å²) in [7, 11) is 1.85. The van der Waals surface area contributed by atoms with Gasteiger partial charge in [-0.05, 0) is 62.1 Å². The number of hydrogen-bond donors (Lipinski definition) is 0. The number of ether oxygens (including phenoxy) is 1. The van der Waals surface area contributed by atoms with Gasteiger partial charge >= 0.3 is 6.03 Å². The molecular formula is C26H31N3O3. The van der Waals surface area contributed by atoms with Gasteiger partial charge in [0, 0.05) is 55.9 Å². The molecule has 0 N–H and O–H groups in total. The first-order chi connectivity index (χ1) is 15.6. The molecular weight excluding hydrogens is 402 g/mol. The first-order valence-electron chi connectivity index (χ1n) is 11.7. The van der Waals surface area contributed by atoms with Crippen molar-refractivity contribution in [2.24, 2.45) is 5.92 Å². The van der Waals surface area contributed by atoms with Crippen molar-refractivity contribution >= 4 is 17.5 Å². The largest absolute Gasteiger partial charge is 0.494 e. The lowest BCUT2D eigenvalue weighted by Crippen LogP contribution is -2.52. The second-order valence-electron chi connectivity index (χ2n) is 9.23. The molecule has 6 nitrogen and oxygen atoms in total. The summed E-state index contributed by atoms with van der Waals surface area (Å²) < 4.78 is 5.89. The summed E-state index contributed by atoms with van der Waals surface area (Å²) in [6, 6.07) is 18.2. The number of benzene rings is 2. The highest BCUT2D eigenvalue weighted by atomic mass is 16.5. The number of fused-ring (bicyclic) bond motifs is 2. The van der Waals surface area contributed by atoms with E-state index in [1.807, 2.05) is 66.5 Å². The van der Waals surface area contributed by atoms with Gasteiger partial charge in [0.15, 0.2) is 5.78 Å². The first kappa shape index (κ1) is 21.0. The van der Waals surface area contributed by atoms with Gasteiger partial charge in [-0.25, -0.2) is 4.79 Å². The van der Waals surface area contributed by atoms with Crippen LogP contribution in [0.15, 0.2) is 54.6 Å². The van der Waals surface area contributed by atoms with Crippen LogP contribution >= 0.6 is 0 Å². The summed E-state index contributed by atoms with van der Waals surface area (Å²) in [6.07, 6.45) is 4.08. The smallest absolute Gasteiger partial charge is 0.324 e. The zero-order chi connectivity index (χ0) is 22.1. The molecule has 5 rings (SSSR count). The third kappa shape index (κ3) is 4.37. The number of likely N-dealkylation sites (tertiary alicyclic amines) is 2. The summed E-state index contributed by atoms with van der Waals surface area (Å²) in [5, 5.41) is 0. The number of amides is 2. The van der Waals surface area contributed by atoms with E-state index in [2.05, 4.69) is 4.90 Å². The lowest BCUT2D eigenvalue weighted by atomic mass is 10.1. The van der Waals surface area contributed by atoms with Crippen LogP contribution in [0.25, 0.3) is 0 Å². The summed E-state index contributed by atoms with van der Waals surface area (Å²) in [5.41, 5.74) is 1.73. The number of carbonyl (C=O) groups excluding carboxylic acids is 2. The zero-order valence-electron chi connectivity index (χ0n) is 18.7. The molecule has 2 saturated heterocycles. The van der Waals surface area contributed by atoms with Crippen molar-refractivity contribution in [1.82, 2.24) is 9.80 Å². The summed E-state index contributed by atoms with van der Waals surface area (Å²) in [6.45, 7) is 3.38. The van der Waals surface area contributed by atoms with E-state index in [0.717, 1.165) is 62.3 Å². The average Bonchev–Trinajstić information content (AvgIpc) is 3.50. The summed E-state index contributed by atoms with van der Waals surface area (Å²) in [4.78, 5) is 31.3. The number of hydrogen-bond acceptors (Lipinski definition) is 4. The van der Waals surface area contributed by atoms with Gasteiger partial charge in [-0.1, -0.05) is 18.2 Å². The molecule has 2 atom stereocenters. The molecule has 168 valence electrons. The van der Waals surface area contributed by atoms with Gasteiger partial charge < -0.3 is 9.64 Å². The van der Waals surface area contributed by atoms with Crippen molar-refractivity contribution in [3.05, 3.63) is 60.2 Å². The Bertz CT molecular complexity index is 958. The van der Waals surface area contributed by atoms with E-state index >= 15 is 0 Å². The number of Topliss-reactive ketones (excluding diaryl/α,β-unsaturated/α-hetero) is 1. The summed E-state index contributed by atoms with van der Waals surface area (Å²) >= 11 is 0. The maximum absolute atomic E-state index is 13.0. The molecule has 3 aliphatic rings. The van der Waals surface area contributed by atoms with E-state index in [1.54, 1.807) is 4.90 Å². The maximum Gasteiger partial charge on any atom is 0.324 e. The van der Waals surface area contributed by atoms with Crippen LogP contribution in [0, 0.1) is 5.92 Å². The number of piperazine rings is 1. The van der Waals surface area contributed by atoms with Crippen LogP contribution in [0.3, 0.4) is 0 Å². The van der Waals surface area contributed by atoms with Crippen LogP contribution in [0.2, 0.25) is 0 Å². The number of carbonyl (C=O) groups is 2. The molecule has 32 heavy (non-hydrogen) atoms. The fraction of sp³-hybridized carbons (Fsp3) is 0.462. The van der Waals surface area contributed by atoms with E-state index in [4.69, 9.17) is 4.74 Å². The van der Waals surface area contributed by atoms with E-state index in [-0.39, 0.29) is 17.7 Å². The van der Waals surface area contributed by atoms with Crippen molar-refractivity contribution in [1.29, 1.82) is 0 Å². The van der Waals surface area contributed by atoms with Crippen molar-refractivity contribution in [2.75, 3.05) is 38.2 Å².